The number of amides is 2. The summed E-state index contributed by atoms with van der Waals surface area (Å²) < 4.78 is 12.8. The molecule has 0 saturated heterocycles. The predicted octanol–water partition coefficient (Wildman–Crippen LogP) is 2.14. The third kappa shape index (κ3) is 2.42. The van der Waals surface area contributed by atoms with Crippen LogP contribution in [0.3, 0.4) is 0 Å². The molecule has 5 nitrogen and oxygen atoms in total. The van der Waals surface area contributed by atoms with Crippen LogP contribution in [0.1, 0.15) is 11.4 Å². The number of carbonyl (C=O) groups excluding carboxylic acids is 1. The number of aromatic nitrogens is 2. The summed E-state index contributed by atoms with van der Waals surface area (Å²) in [5, 5.41) is 2.75. The lowest BCUT2D eigenvalue weighted by Crippen LogP contribution is -2.38. The number of nitrogens with zero attached hydrogens (tertiary/aromatic N) is 2. The fourth-order valence-corrected chi connectivity index (χ4v) is 2.12. The maximum absolute atomic E-state index is 12.8. The van der Waals surface area contributed by atoms with E-state index in [0.29, 0.717) is 18.8 Å². The molecule has 1 aromatic heterocycles. The second kappa shape index (κ2) is 4.72. The molecule has 0 spiro atoms. The van der Waals surface area contributed by atoms with Crippen molar-refractivity contribution in [2.75, 3.05) is 11.9 Å². The highest BCUT2D eigenvalue weighted by Crippen LogP contribution is 2.16. The molecular formula is C13H13FN4O. The van der Waals surface area contributed by atoms with E-state index in [2.05, 4.69) is 15.3 Å². The van der Waals surface area contributed by atoms with E-state index in [1.807, 2.05) is 0 Å². The van der Waals surface area contributed by atoms with Gasteiger partial charge in [0.15, 0.2) is 0 Å². The Balaban J connectivity index is 1.67. The number of carbonyl (C=O) groups is 1. The van der Waals surface area contributed by atoms with E-state index in [1.165, 1.54) is 12.1 Å². The van der Waals surface area contributed by atoms with E-state index >= 15 is 0 Å². The maximum Gasteiger partial charge on any atom is 0.322 e. The zero-order valence-corrected chi connectivity index (χ0v) is 10.2. The number of anilines is 1. The van der Waals surface area contributed by atoms with Gasteiger partial charge in [-0.05, 0) is 24.3 Å². The van der Waals surface area contributed by atoms with Gasteiger partial charge in [-0.15, -0.1) is 0 Å². The Bertz CT molecular complexity index is 593. The van der Waals surface area contributed by atoms with Gasteiger partial charge < -0.3 is 15.2 Å². The number of urea groups is 1. The molecule has 0 aliphatic carbocycles. The van der Waals surface area contributed by atoms with Gasteiger partial charge in [0.2, 0.25) is 0 Å². The summed E-state index contributed by atoms with van der Waals surface area (Å²) in [6.45, 7) is 1.15. The van der Waals surface area contributed by atoms with Crippen molar-refractivity contribution < 1.29 is 9.18 Å². The van der Waals surface area contributed by atoms with Crippen molar-refractivity contribution in [2.45, 2.75) is 13.0 Å². The highest BCUT2D eigenvalue weighted by atomic mass is 19.1. The van der Waals surface area contributed by atoms with Crippen molar-refractivity contribution in [3.63, 3.8) is 0 Å². The van der Waals surface area contributed by atoms with Crippen LogP contribution in [0.25, 0.3) is 0 Å². The Labute approximate surface area is 109 Å². The highest BCUT2D eigenvalue weighted by Gasteiger charge is 2.22. The average Bonchev–Trinajstić information content (AvgIpc) is 2.88. The normalized spacial score (nSPS) is 14.1. The highest BCUT2D eigenvalue weighted by molar-refractivity contribution is 5.89. The molecule has 98 valence electrons. The molecule has 0 saturated carbocycles. The molecule has 0 radical (unpaired) electrons. The molecule has 1 aromatic carbocycles. The number of hydrogen-bond donors (Lipinski definition) is 2. The van der Waals surface area contributed by atoms with Crippen molar-refractivity contribution in [1.82, 2.24) is 14.9 Å². The molecule has 2 amide bonds. The molecule has 0 fully saturated rings. The van der Waals surface area contributed by atoms with Crippen molar-refractivity contribution in [2.24, 2.45) is 0 Å². The van der Waals surface area contributed by atoms with E-state index in [4.69, 9.17) is 0 Å². The molecule has 0 atom stereocenters. The van der Waals surface area contributed by atoms with Crippen LogP contribution in [-0.4, -0.2) is 27.4 Å². The number of rotatable bonds is 1. The van der Waals surface area contributed by atoms with Gasteiger partial charge in [0, 0.05) is 18.7 Å². The number of hydrogen-bond acceptors (Lipinski definition) is 2. The predicted molar refractivity (Wildman–Crippen MR) is 68.1 cm³/mol. The van der Waals surface area contributed by atoms with Gasteiger partial charge >= 0.3 is 6.03 Å². The van der Waals surface area contributed by atoms with Crippen LogP contribution in [0.2, 0.25) is 0 Å². The summed E-state index contributed by atoms with van der Waals surface area (Å²) in [5.74, 6) is -0.321. The van der Waals surface area contributed by atoms with Crippen molar-refractivity contribution >= 4 is 11.7 Å². The molecule has 1 aliphatic heterocycles. The van der Waals surface area contributed by atoms with Crippen LogP contribution in [0.4, 0.5) is 14.9 Å². The van der Waals surface area contributed by atoms with E-state index < -0.39 is 0 Å². The maximum atomic E-state index is 12.8. The third-order valence-electron chi connectivity index (χ3n) is 3.16. The van der Waals surface area contributed by atoms with Crippen molar-refractivity contribution in [3.8, 4) is 0 Å². The lowest BCUT2D eigenvalue weighted by atomic mass is 10.1. The Morgan fingerprint density at radius 1 is 1.37 bits per heavy atom. The number of imidazole rings is 1. The van der Waals surface area contributed by atoms with Gasteiger partial charge in [0.1, 0.15) is 5.82 Å². The zero-order chi connectivity index (χ0) is 13.2. The van der Waals surface area contributed by atoms with E-state index in [1.54, 1.807) is 23.4 Å². The van der Waals surface area contributed by atoms with E-state index in [0.717, 1.165) is 17.8 Å². The lowest BCUT2D eigenvalue weighted by Gasteiger charge is -2.26. The Hall–Kier alpha value is -2.37. The molecule has 0 unspecified atom stereocenters. The minimum Gasteiger partial charge on any atom is -0.347 e. The Morgan fingerprint density at radius 2 is 2.16 bits per heavy atom. The molecule has 2 heterocycles. The van der Waals surface area contributed by atoms with E-state index in [9.17, 15) is 9.18 Å². The summed E-state index contributed by atoms with van der Waals surface area (Å²) in [5.41, 5.74) is 2.58. The van der Waals surface area contributed by atoms with Crippen LogP contribution >= 0.6 is 0 Å². The summed E-state index contributed by atoms with van der Waals surface area (Å²) >= 11 is 0. The van der Waals surface area contributed by atoms with E-state index in [-0.39, 0.29) is 11.8 Å². The zero-order valence-electron chi connectivity index (χ0n) is 10.2. The molecule has 2 N–H and O–H groups in total. The molecule has 6 heteroatoms. The van der Waals surface area contributed by atoms with Gasteiger partial charge in [-0.2, -0.15) is 0 Å². The average molecular weight is 260 g/mol. The lowest BCUT2D eigenvalue weighted by molar-refractivity contribution is 0.205. The smallest absolute Gasteiger partial charge is 0.322 e. The summed E-state index contributed by atoms with van der Waals surface area (Å²) in [6, 6.07) is 5.53. The largest absolute Gasteiger partial charge is 0.347 e. The number of nitrogens with one attached hydrogen (secondary N) is 2. The fourth-order valence-electron chi connectivity index (χ4n) is 2.12. The first-order valence-electron chi connectivity index (χ1n) is 6.05. The molecule has 3 rings (SSSR count). The molecular weight excluding hydrogens is 247 g/mol. The van der Waals surface area contributed by atoms with Gasteiger partial charge in [-0.1, -0.05) is 0 Å². The fraction of sp³-hybridized carbons (Fsp3) is 0.231. The first-order valence-corrected chi connectivity index (χ1v) is 6.05. The molecule has 1 aliphatic rings. The molecule has 19 heavy (non-hydrogen) atoms. The van der Waals surface area contributed by atoms with Gasteiger partial charge in [0.05, 0.1) is 24.3 Å². The van der Waals surface area contributed by atoms with Gasteiger partial charge in [0.25, 0.3) is 0 Å². The first kappa shape index (κ1) is 11.7. The Morgan fingerprint density at radius 3 is 2.95 bits per heavy atom. The number of H-pyrrole nitrogens is 1. The SMILES string of the molecule is O=C(Nc1ccc(F)cc1)N1CCc2nc[nH]c2C1. The number of fused-ring (bicyclic) bond motifs is 1. The minimum absolute atomic E-state index is 0.188. The van der Waals surface area contributed by atoms with Gasteiger partial charge in [-0.25, -0.2) is 14.2 Å². The number of aromatic amines is 1. The molecule has 0 bridgehead atoms. The van der Waals surface area contributed by atoms with Gasteiger partial charge in [-0.3, -0.25) is 0 Å². The van der Waals surface area contributed by atoms with Crippen LogP contribution in [0, 0.1) is 5.82 Å². The second-order valence-electron chi connectivity index (χ2n) is 4.44. The minimum atomic E-state index is -0.321. The molecule has 2 aromatic rings. The third-order valence-corrected chi connectivity index (χ3v) is 3.16. The summed E-state index contributed by atoms with van der Waals surface area (Å²) in [7, 11) is 0. The standard InChI is InChI=1S/C13H13FN4O/c14-9-1-3-10(4-2-9)17-13(19)18-6-5-11-12(7-18)16-8-15-11/h1-4,8H,5-7H2,(H,15,16)(H,17,19). The van der Waals surface area contributed by atoms with Crippen LogP contribution in [-0.2, 0) is 13.0 Å². The summed E-state index contributed by atoms with van der Waals surface area (Å²) in [6.07, 6.45) is 2.39. The summed E-state index contributed by atoms with van der Waals surface area (Å²) in [4.78, 5) is 21.0. The second-order valence-corrected chi connectivity index (χ2v) is 4.44. The Kier molecular flexibility index (Phi) is 2.91. The van der Waals surface area contributed by atoms with Crippen LogP contribution in [0.5, 0.6) is 0 Å². The number of benzene rings is 1. The van der Waals surface area contributed by atoms with Crippen LogP contribution < -0.4 is 5.32 Å². The quantitative estimate of drug-likeness (QED) is 0.825. The van der Waals surface area contributed by atoms with Crippen molar-refractivity contribution in [1.29, 1.82) is 0 Å². The van der Waals surface area contributed by atoms with Crippen molar-refractivity contribution in [3.05, 3.63) is 47.8 Å². The monoisotopic (exact) mass is 260 g/mol. The topological polar surface area (TPSA) is 61.0 Å². The van der Waals surface area contributed by atoms with Crippen LogP contribution in [0.15, 0.2) is 30.6 Å². The number of halogens is 1. The first-order chi connectivity index (χ1) is 9.22.